The van der Waals surface area contributed by atoms with Crippen LogP contribution in [0.2, 0.25) is 5.02 Å². The van der Waals surface area contributed by atoms with Crippen molar-refractivity contribution >= 4 is 41.1 Å². The molecule has 9 nitrogen and oxygen atoms in total. The van der Waals surface area contributed by atoms with Crippen LogP contribution in [-0.2, 0) is 4.79 Å². The van der Waals surface area contributed by atoms with E-state index in [1.807, 2.05) is 0 Å². The van der Waals surface area contributed by atoms with E-state index < -0.39 is 10.9 Å². The van der Waals surface area contributed by atoms with E-state index in [4.69, 9.17) is 16.0 Å². The lowest BCUT2D eigenvalue weighted by molar-refractivity contribution is -0.384. The number of furan rings is 1. The van der Waals surface area contributed by atoms with Gasteiger partial charge in [0.1, 0.15) is 22.3 Å². The first-order valence-corrected chi connectivity index (χ1v) is 8.59. The van der Waals surface area contributed by atoms with Gasteiger partial charge in [0.15, 0.2) is 0 Å². The van der Waals surface area contributed by atoms with Gasteiger partial charge in [-0.25, -0.2) is 9.78 Å². The number of aliphatic carboxylic acids is 1. The first kappa shape index (κ1) is 18.7. The Hall–Kier alpha value is -3.11. The monoisotopic (exact) mass is 406 g/mol. The van der Waals surface area contributed by atoms with Gasteiger partial charge < -0.3 is 9.52 Å². The van der Waals surface area contributed by atoms with Gasteiger partial charge in [-0.2, -0.15) is 0 Å². The molecule has 27 heavy (non-hydrogen) atoms. The highest BCUT2D eigenvalue weighted by atomic mass is 35.5. The van der Waals surface area contributed by atoms with E-state index in [-0.39, 0.29) is 26.5 Å². The van der Waals surface area contributed by atoms with E-state index in [0.29, 0.717) is 17.1 Å². The summed E-state index contributed by atoms with van der Waals surface area (Å²) in [5.74, 6) is 0.0327. The number of non-ortho nitro benzene ring substituents is 1. The number of carboxylic acid groups (broad SMARTS) is 1. The number of hydrogen-bond acceptors (Lipinski definition) is 7. The number of halogens is 1. The SMILES string of the molecule is Cc1nc(S/C(=C\c2ccc(-c3ccc([N+](=O)[O-])cc3Cl)o2)C(=O)O)n[nH]1. The van der Waals surface area contributed by atoms with Crippen molar-refractivity contribution in [3.05, 3.63) is 62.0 Å². The average Bonchev–Trinajstić information content (AvgIpc) is 3.23. The molecule has 1 aromatic carbocycles. The number of nitro groups is 1. The minimum absolute atomic E-state index is 0.0373. The van der Waals surface area contributed by atoms with Gasteiger partial charge in [0.05, 0.1) is 9.95 Å². The Morgan fingerprint density at radius 3 is 2.78 bits per heavy atom. The molecule has 0 saturated carbocycles. The van der Waals surface area contributed by atoms with Crippen LogP contribution in [0.5, 0.6) is 0 Å². The van der Waals surface area contributed by atoms with Crippen LogP contribution in [0.4, 0.5) is 5.69 Å². The topological polar surface area (TPSA) is 135 Å². The van der Waals surface area contributed by atoms with Gasteiger partial charge in [0.2, 0.25) is 5.16 Å². The fourth-order valence-corrected chi connectivity index (χ4v) is 3.12. The van der Waals surface area contributed by atoms with Crippen LogP contribution in [0.3, 0.4) is 0 Å². The standard InChI is InChI=1S/C16H11ClN4O5S/c1-8-18-16(20-19-8)27-14(15(22)23)7-10-3-5-13(26-10)11-4-2-9(21(24)25)6-12(11)17/h2-7H,1H3,(H,22,23)(H,18,19,20)/b14-7-. The Kier molecular flexibility index (Phi) is 5.28. The van der Waals surface area contributed by atoms with Gasteiger partial charge in [0, 0.05) is 23.8 Å². The fourth-order valence-electron chi connectivity index (χ4n) is 2.12. The summed E-state index contributed by atoms with van der Waals surface area (Å²) in [6.45, 7) is 1.70. The van der Waals surface area contributed by atoms with Crippen molar-refractivity contribution in [1.29, 1.82) is 0 Å². The molecule has 0 atom stereocenters. The van der Waals surface area contributed by atoms with Crippen molar-refractivity contribution in [2.24, 2.45) is 0 Å². The third-order valence-corrected chi connectivity index (χ3v) is 4.51. The molecule has 2 aromatic heterocycles. The zero-order chi connectivity index (χ0) is 19.6. The molecule has 0 unspecified atom stereocenters. The molecule has 0 radical (unpaired) electrons. The summed E-state index contributed by atoms with van der Waals surface area (Å²) in [6, 6.07) is 7.16. The third kappa shape index (κ3) is 4.36. The molecule has 0 bridgehead atoms. The van der Waals surface area contributed by atoms with Crippen molar-refractivity contribution in [3.8, 4) is 11.3 Å². The summed E-state index contributed by atoms with van der Waals surface area (Å²) >= 11 is 6.96. The lowest BCUT2D eigenvalue weighted by Gasteiger charge is -2.01. The number of aromatic amines is 1. The molecule has 0 aliphatic rings. The zero-order valence-corrected chi connectivity index (χ0v) is 15.2. The van der Waals surface area contributed by atoms with Crippen LogP contribution >= 0.6 is 23.4 Å². The summed E-state index contributed by atoms with van der Waals surface area (Å²) in [7, 11) is 0. The van der Waals surface area contributed by atoms with Gasteiger partial charge in [-0.15, -0.1) is 5.10 Å². The molecular formula is C16H11ClN4O5S. The van der Waals surface area contributed by atoms with Crippen molar-refractivity contribution in [3.63, 3.8) is 0 Å². The molecule has 0 aliphatic heterocycles. The van der Waals surface area contributed by atoms with Gasteiger partial charge in [-0.05, 0) is 36.9 Å². The predicted molar refractivity (Wildman–Crippen MR) is 98.4 cm³/mol. The molecular weight excluding hydrogens is 396 g/mol. The number of carbonyl (C=O) groups is 1. The molecule has 3 aromatic rings. The average molecular weight is 407 g/mol. The summed E-state index contributed by atoms with van der Waals surface area (Å²) in [4.78, 5) is 25.7. The fraction of sp³-hybridized carbons (Fsp3) is 0.0625. The maximum Gasteiger partial charge on any atom is 0.342 e. The molecule has 0 fully saturated rings. The smallest absolute Gasteiger partial charge is 0.342 e. The van der Waals surface area contributed by atoms with E-state index in [9.17, 15) is 20.0 Å². The lowest BCUT2D eigenvalue weighted by Crippen LogP contribution is -1.97. The van der Waals surface area contributed by atoms with Crippen molar-refractivity contribution < 1.29 is 19.2 Å². The summed E-state index contributed by atoms with van der Waals surface area (Å²) in [6.07, 6.45) is 1.33. The predicted octanol–water partition coefficient (Wildman–Crippen LogP) is 4.15. The van der Waals surface area contributed by atoms with Crippen LogP contribution in [0.15, 0.2) is 44.8 Å². The molecule has 0 aliphatic carbocycles. The summed E-state index contributed by atoms with van der Waals surface area (Å²) < 4.78 is 5.62. The highest BCUT2D eigenvalue weighted by Gasteiger charge is 2.16. The van der Waals surface area contributed by atoms with Gasteiger partial charge in [-0.1, -0.05) is 11.6 Å². The quantitative estimate of drug-likeness (QED) is 0.269. The highest BCUT2D eigenvalue weighted by Crippen LogP contribution is 2.33. The minimum Gasteiger partial charge on any atom is -0.477 e. The second-order valence-electron chi connectivity index (χ2n) is 5.24. The molecule has 2 heterocycles. The number of benzene rings is 1. The summed E-state index contributed by atoms with van der Waals surface area (Å²) in [5.41, 5.74) is 0.317. The number of nitro benzene ring substituents is 1. The minimum atomic E-state index is -1.16. The third-order valence-electron chi connectivity index (χ3n) is 3.32. The van der Waals surface area contributed by atoms with Crippen LogP contribution in [0, 0.1) is 17.0 Å². The Balaban J connectivity index is 1.88. The van der Waals surface area contributed by atoms with Crippen LogP contribution in [0.1, 0.15) is 11.6 Å². The van der Waals surface area contributed by atoms with Crippen LogP contribution in [-0.4, -0.2) is 31.2 Å². The van der Waals surface area contributed by atoms with Gasteiger partial charge in [0.25, 0.3) is 5.69 Å². The van der Waals surface area contributed by atoms with Crippen molar-refractivity contribution in [2.45, 2.75) is 12.1 Å². The van der Waals surface area contributed by atoms with E-state index in [2.05, 4.69) is 15.2 Å². The second-order valence-corrected chi connectivity index (χ2v) is 6.66. The number of rotatable bonds is 6. The van der Waals surface area contributed by atoms with Crippen molar-refractivity contribution in [1.82, 2.24) is 15.2 Å². The second kappa shape index (κ2) is 7.64. The van der Waals surface area contributed by atoms with E-state index in [1.165, 1.54) is 24.3 Å². The molecule has 0 spiro atoms. The Labute approximate surface area is 161 Å². The van der Waals surface area contributed by atoms with Gasteiger partial charge >= 0.3 is 5.97 Å². The molecule has 11 heteroatoms. The molecule has 138 valence electrons. The zero-order valence-electron chi connectivity index (χ0n) is 13.7. The Bertz CT molecular complexity index is 1060. The number of nitrogens with zero attached hydrogens (tertiary/aromatic N) is 3. The number of nitrogens with one attached hydrogen (secondary N) is 1. The van der Waals surface area contributed by atoms with E-state index in [0.717, 1.165) is 11.8 Å². The Morgan fingerprint density at radius 1 is 1.41 bits per heavy atom. The highest BCUT2D eigenvalue weighted by molar-refractivity contribution is 8.04. The number of aryl methyl sites for hydroxylation is 1. The van der Waals surface area contributed by atoms with Crippen LogP contribution < -0.4 is 0 Å². The molecule has 0 saturated heterocycles. The van der Waals surface area contributed by atoms with Crippen LogP contribution in [0.25, 0.3) is 17.4 Å². The summed E-state index contributed by atoms with van der Waals surface area (Å²) in [5, 5.41) is 27.1. The number of aromatic nitrogens is 3. The first-order valence-electron chi connectivity index (χ1n) is 7.39. The lowest BCUT2D eigenvalue weighted by atomic mass is 10.1. The maximum absolute atomic E-state index is 11.5. The largest absolute Gasteiger partial charge is 0.477 e. The molecule has 3 rings (SSSR count). The molecule has 2 N–H and O–H groups in total. The van der Waals surface area contributed by atoms with E-state index >= 15 is 0 Å². The van der Waals surface area contributed by atoms with Crippen molar-refractivity contribution in [2.75, 3.05) is 0 Å². The first-order chi connectivity index (χ1) is 12.8. The molecule has 0 amide bonds. The van der Waals surface area contributed by atoms with E-state index in [1.54, 1.807) is 19.1 Å². The normalized spacial score (nSPS) is 11.6. The Morgan fingerprint density at radius 2 is 2.19 bits per heavy atom. The number of thioether (sulfide) groups is 1. The maximum atomic E-state index is 11.5. The number of hydrogen-bond donors (Lipinski definition) is 2. The number of H-pyrrole nitrogens is 1. The van der Waals surface area contributed by atoms with Gasteiger partial charge in [-0.3, -0.25) is 15.2 Å². The number of carboxylic acids is 1.